The van der Waals surface area contributed by atoms with Crippen LogP contribution in [0.3, 0.4) is 0 Å². The minimum absolute atomic E-state index is 0.117. The predicted octanol–water partition coefficient (Wildman–Crippen LogP) is 5.99. The van der Waals surface area contributed by atoms with E-state index >= 15 is 0 Å². The quantitative estimate of drug-likeness (QED) is 0.460. The molecule has 35 heavy (non-hydrogen) atoms. The Morgan fingerprint density at radius 1 is 1.03 bits per heavy atom. The van der Waals surface area contributed by atoms with Gasteiger partial charge >= 0.3 is 5.97 Å². The number of esters is 1. The Morgan fingerprint density at radius 3 is 2.57 bits per heavy atom. The molecule has 1 heterocycles. The van der Waals surface area contributed by atoms with Gasteiger partial charge in [0.15, 0.2) is 0 Å². The van der Waals surface area contributed by atoms with Crippen LogP contribution in [-0.4, -0.2) is 46.3 Å². The summed E-state index contributed by atoms with van der Waals surface area (Å²) in [6, 6.07) is 9.00. The van der Waals surface area contributed by atoms with Crippen molar-refractivity contribution in [1.29, 1.82) is 0 Å². The van der Waals surface area contributed by atoms with E-state index in [2.05, 4.69) is 34.3 Å². The normalized spacial score (nSPS) is 23.1. The Morgan fingerprint density at radius 2 is 1.83 bits per heavy atom. The van der Waals surface area contributed by atoms with Crippen LogP contribution in [0.25, 0.3) is 5.69 Å². The van der Waals surface area contributed by atoms with Crippen molar-refractivity contribution in [3.8, 4) is 5.69 Å². The molecule has 3 aliphatic rings. The van der Waals surface area contributed by atoms with E-state index in [1.54, 1.807) is 6.20 Å². The minimum Gasteiger partial charge on any atom is -0.462 e. The monoisotopic (exact) mass is 477 g/mol. The molecule has 3 saturated carbocycles. The molecule has 1 aromatic heterocycles. The Hall–Kier alpha value is -2.63. The minimum atomic E-state index is -0.285. The van der Waals surface area contributed by atoms with Crippen LogP contribution in [0.2, 0.25) is 0 Å². The van der Waals surface area contributed by atoms with Gasteiger partial charge in [0.25, 0.3) is 0 Å². The van der Waals surface area contributed by atoms with Crippen LogP contribution in [0.5, 0.6) is 0 Å². The summed E-state index contributed by atoms with van der Waals surface area (Å²) in [5.74, 6) is 0.924. The van der Waals surface area contributed by atoms with Crippen molar-refractivity contribution in [2.75, 3.05) is 13.7 Å². The molecule has 6 heteroatoms. The first kappa shape index (κ1) is 24.1. The van der Waals surface area contributed by atoms with Gasteiger partial charge in [-0.3, -0.25) is 4.79 Å². The van der Waals surface area contributed by atoms with E-state index in [0.717, 1.165) is 62.7 Å². The molecule has 0 spiro atoms. The number of carbonyl (C=O) groups is 2. The van der Waals surface area contributed by atoms with Crippen LogP contribution in [0.4, 0.5) is 0 Å². The Kier molecular flexibility index (Phi) is 7.26. The topological polar surface area (TPSA) is 64.4 Å². The van der Waals surface area contributed by atoms with Gasteiger partial charge in [-0.25, -0.2) is 9.48 Å². The van der Waals surface area contributed by atoms with Crippen LogP contribution in [-0.2, 0) is 9.53 Å². The molecular formula is C29H39N3O3. The maximum Gasteiger partial charge on any atom is 0.341 e. The highest BCUT2D eigenvalue weighted by Gasteiger charge is 2.35. The van der Waals surface area contributed by atoms with Crippen molar-refractivity contribution in [2.45, 2.75) is 95.4 Å². The summed E-state index contributed by atoms with van der Waals surface area (Å²) in [4.78, 5) is 28.0. The van der Waals surface area contributed by atoms with Crippen LogP contribution in [0.15, 0.2) is 30.5 Å². The van der Waals surface area contributed by atoms with Gasteiger partial charge in [0.05, 0.1) is 24.2 Å². The summed E-state index contributed by atoms with van der Waals surface area (Å²) in [5, 5.41) is 4.61. The Balaban J connectivity index is 1.34. The van der Waals surface area contributed by atoms with Crippen molar-refractivity contribution in [3.63, 3.8) is 0 Å². The molecule has 0 aliphatic heterocycles. The van der Waals surface area contributed by atoms with E-state index in [9.17, 15) is 9.59 Å². The number of hydrogen-bond donors (Lipinski definition) is 0. The number of hydrogen-bond acceptors (Lipinski definition) is 4. The van der Waals surface area contributed by atoms with Gasteiger partial charge in [-0.2, -0.15) is 5.10 Å². The molecule has 188 valence electrons. The lowest BCUT2D eigenvalue weighted by molar-refractivity contribution is -0.138. The lowest BCUT2D eigenvalue weighted by Crippen LogP contribution is -2.42. The molecule has 6 nitrogen and oxygen atoms in total. The number of ether oxygens (including phenoxy) is 1. The first-order chi connectivity index (χ1) is 17.1. The molecule has 2 unspecified atom stereocenters. The largest absolute Gasteiger partial charge is 0.462 e. The Bertz CT molecular complexity index is 1050. The number of carbonyl (C=O) groups excluding carboxylic acids is 2. The van der Waals surface area contributed by atoms with E-state index in [1.165, 1.54) is 24.8 Å². The fourth-order valence-electron chi connectivity index (χ4n) is 6.24. The molecular weight excluding hydrogens is 438 g/mol. The first-order valence-corrected chi connectivity index (χ1v) is 13.7. The molecule has 3 fully saturated rings. The zero-order valence-electron chi connectivity index (χ0n) is 21.2. The van der Waals surface area contributed by atoms with Crippen LogP contribution < -0.4 is 0 Å². The van der Waals surface area contributed by atoms with Gasteiger partial charge < -0.3 is 9.64 Å². The summed E-state index contributed by atoms with van der Waals surface area (Å²) in [5.41, 5.74) is 3.84. The van der Waals surface area contributed by atoms with Gasteiger partial charge in [-0.1, -0.05) is 37.8 Å². The highest BCUT2D eigenvalue weighted by atomic mass is 16.5. The fraction of sp³-hybridized carbons (Fsp3) is 0.621. The van der Waals surface area contributed by atoms with Gasteiger partial charge in [0, 0.05) is 24.9 Å². The summed E-state index contributed by atoms with van der Waals surface area (Å²) >= 11 is 0. The molecule has 0 radical (unpaired) electrons. The van der Waals surface area contributed by atoms with E-state index < -0.39 is 0 Å². The van der Waals surface area contributed by atoms with Gasteiger partial charge in [0.1, 0.15) is 5.56 Å². The average Bonchev–Trinajstić information content (AvgIpc) is 3.65. The number of nitrogens with zero attached hydrogens (tertiary/aromatic N) is 3. The second-order valence-corrected chi connectivity index (χ2v) is 10.7. The van der Waals surface area contributed by atoms with Crippen LogP contribution in [0, 0.1) is 5.92 Å². The molecule has 1 amide bonds. The SMILES string of the molecule is CCOC(=O)c1cnn(-c2cccc(C3CCCC(C(=O)N(C)C4CCCCC4)C3)c2)c1C1CC1. The summed E-state index contributed by atoms with van der Waals surface area (Å²) < 4.78 is 7.22. The molecule has 0 bridgehead atoms. The lowest BCUT2D eigenvalue weighted by atomic mass is 9.77. The molecule has 3 aliphatic carbocycles. The second kappa shape index (κ2) is 10.5. The summed E-state index contributed by atoms with van der Waals surface area (Å²) in [6.07, 6.45) is 14.1. The molecule has 2 atom stereocenters. The standard InChI is InChI=1S/C29H39N3O3/c1-3-35-29(34)26-19-30-32(27(26)20-15-16-20)25-14-8-10-22(18-25)21-9-7-11-23(17-21)28(33)31(2)24-12-5-4-6-13-24/h8,10,14,18-21,23-24H,3-7,9,11-13,15-17H2,1-2H3. The van der Waals surface area contributed by atoms with Gasteiger partial charge in [-0.05, 0) is 75.5 Å². The van der Waals surface area contributed by atoms with Crippen molar-refractivity contribution in [3.05, 3.63) is 47.3 Å². The molecule has 1 aromatic carbocycles. The smallest absolute Gasteiger partial charge is 0.341 e. The third-order valence-corrected chi connectivity index (χ3v) is 8.35. The maximum atomic E-state index is 13.4. The van der Waals surface area contributed by atoms with Gasteiger partial charge in [0.2, 0.25) is 5.91 Å². The molecule has 2 aromatic rings. The number of aromatic nitrogens is 2. The first-order valence-electron chi connectivity index (χ1n) is 13.7. The van der Waals surface area contributed by atoms with E-state index in [0.29, 0.717) is 36.0 Å². The van der Waals surface area contributed by atoms with Crippen molar-refractivity contribution < 1.29 is 14.3 Å². The highest BCUT2D eigenvalue weighted by molar-refractivity contribution is 5.91. The van der Waals surface area contributed by atoms with E-state index in [1.807, 2.05) is 18.7 Å². The summed E-state index contributed by atoms with van der Waals surface area (Å²) in [7, 11) is 2.03. The van der Waals surface area contributed by atoms with Crippen molar-refractivity contribution in [2.24, 2.45) is 5.92 Å². The molecule has 0 saturated heterocycles. The number of benzene rings is 1. The highest BCUT2D eigenvalue weighted by Crippen LogP contribution is 2.43. The van der Waals surface area contributed by atoms with Crippen molar-refractivity contribution in [1.82, 2.24) is 14.7 Å². The lowest BCUT2D eigenvalue weighted by Gasteiger charge is -2.36. The molecule has 0 N–H and O–H groups in total. The number of amides is 1. The summed E-state index contributed by atoms with van der Waals surface area (Å²) in [6.45, 7) is 2.19. The third kappa shape index (κ3) is 5.17. The zero-order valence-corrected chi connectivity index (χ0v) is 21.2. The second-order valence-electron chi connectivity index (χ2n) is 10.7. The third-order valence-electron chi connectivity index (χ3n) is 8.35. The zero-order chi connectivity index (χ0) is 24.4. The molecule has 5 rings (SSSR count). The van der Waals surface area contributed by atoms with Crippen LogP contribution in [0.1, 0.15) is 111 Å². The van der Waals surface area contributed by atoms with Gasteiger partial charge in [-0.15, -0.1) is 0 Å². The maximum absolute atomic E-state index is 13.4. The Labute approximate surface area is 209 Å². The predicted molar refractivity (Wildman–Crippen MR) is 136 cm³/mol. The van der Waals surface area contributed by atoms with Crippen LogP contribution >= 0.6 is 0 Å². The fourth-order valence-corrected chi connectivity index (χ4v) is 6.24. The van der Waals surface area contributed by atoms with E-state index in [4.69, 9.17) is 4.74 Å². The average molecular weight is 478 g/mol. The number of rotatable bonds is 7. The van der Waals surface area contributed by atoms with Crippen molar-refractivity contribution >= 4 is 11.9 Å². The van der Waals surface area contributed by atoms with E-state index in [-0.39, 0.29) is 11.9 Å².